The smallest absolute Gasteiger partial charge is 0.328 e. The van der Waals surface area contributed by atoms with Crippen LogP contribution in [0.3, 0.4) is 0 Å². The molecule has 104 valence electrons. The summed E-state index contributed by atoms with van der Waals surface area (Å²) in [6, 6.07) is -1.24. The molecule has 1 saturated heterocycles. The van der Waals surface area contributed by atoms with Crippen LogP contribution in [0.4, 0.5) is 0 Å². The van der Waals surface area contributed by atoms with Gasteiger partial charge in [-0.05, 0) is 39.3 Å². The Morgan fingerprint density at radius 1 is 1.39 bits per heavy atom. The van der Waals surface area contributed by atoms with Crippen LogP contribution < -0.4 is 10.6 Å². The van der Waals surface area contributed by atoms with E-state index in [2.05, 4.69) is 10.6 Å². The molecule has 0 radical (unpaired) electrons. The van der Waals surface area contributed by atoms with Gasteiger partial charge in [-0.25, -0.2) is 4.79 Å². The number of aliphatic carboxylic acids is 1. The molecular formula is C12H22N2O4. The zero-order chi connectivity index (χ0) is 13.8. The molecule has 1 heterocycles. The van der Waals surface area contributed by atoms with E-state index in [9.17, 15) is 14.7 Å². The van der Waals surface area contributed by atoms with Crippen molar-refractivity contribution >= 4 is 11.9 Å². The van der Waals surface area contributed by atoms with Crippen LogP contribution in [0, 0.1) is 5.41 Å². The van der Waals surface area contributed by atoms with Crippen molar-refractivity contribution in [3.05, 3.63) is 0 Å². The Kier molecular flexibility index (Phi) is 5.10. The van der Waals surface area contributed by atoms with Gasteiger partial charge in [-0.1, -0.05) is 6.92 Å². The first-order chi connectivity index (χ1) is 8.43. The third-order valence-corrected chi connectivity index (χ3v) is 3.75. The topological polar surface area (TPSA) is 98.7 Å². The lowest BCUT2D eigenvalue weighted by atomic mass is 9.75. The van der Waals surface area contributed by atoms with Gasteiger partial charge >= 0.3 is 5.97 Å². The summed E-state index contributed by atoms with van der Waals surface area (Å²) < 4.78 is 0. The minimum atomic E-state index is -1.24. The first kappa shape index (κ1) is 14.9. The van der Waals surface area contributed by atoms with E-state index >= 15 is 0 Å². The average molecular weight is 258 g/mol. The van der Waals surface area contributed by atoms with Gasteiger partial charge in [0, 0.05) is 0 Å². The van der Waals surface area contributed by atoms with Gasteiger partial charge in [0.25, 0.3) is 0 Å². The summed E-state index contributed by atoms with van der Waals surface area (Å²) in [6.07, 6.45) is 0.956. The summed E-state index contributed by atoms with van der Waals surface area (Å²) in [5.74, 6) is -1.47. The number of rotatable bonds is 5. The van der Waals surface area contributed by atoms with E-state index in [1.807, 2.05) is 6.92 Å². The summed E-state index contributed by atoms with van der Waals surface area (Å²) in [4.78, 5) is 23.2. The maximum atomic E-state index is 12.3. The largest absolute Gasteiger partial charge is 0.480 e. The zero-order valence-electron chi connectivity index (χ0n) is 10.9. The van der Waals surface area contributed by atoms with Crippen LogP contribution in [0.25, 0.3) is 0 Å². The van der Waals surface area contributed by atoms with Crippen molar-refractivity contribution in [2.75, 3.05) is 13.1 Å². The Hall–Kier alpha value is -1.14. The maximum absolute atomic E-state index is 12.3. The second-order valence-corrected chi connectivity index (χ2v) is 4.91. The summed E-state index contributed by atoms with van der Waals surface area (Å²) in [6.45, 7) is 4.81. The monoisotopic (exact) mass is 258 g/mol. The summed E-state index contributed by atoms with van der Waals surface area (Å²) >= 11 is 0. The van der Waals surface area contributed by atoms with Crippen LogP contribution in [0.1, 0.15) is 33.1 Å². The molecule has 0 bridgehead atoms. The molecule has 0 aromatic rings. The molecule has 1 aliphatic rings. The normalized spacial score (nSPS) is 21.9. The van der Waals surface area contributed by atoms with Crippen molar-refractivity contribution in [1.29, 1.82) is 0 Å². The molecule has 0 unspecified atom stereocenters. The van der Waals surface area contributed by atoms with E-state index in [0.717, 1.165) is 13.1 Å². The Bertz CT molecular complexity index is 311. The molecule has 4 N–H and O–H groups in total. The number of amides is 1. The van der Waals surface area contributed by atoms with Crippen LogP contribution in [0.2, 0.25) is 0 Å². The molecule has 0 aromatic carbocycles. The molecule has 0 saturated carbocycles. The number of carboxylic acids is 1. The Balaban J connectivity index is 2.75. The Morgan fingerprint density at radius 2 is 1.94 bits per heavy atom. The fraction of sp³-hybridized carbons (Fsp3) is 0.833. The highest BCUT2D eigenvalue weighted by Gasteiger charge is 2.40. The number of hydrogen-bond acceptors (Lipinski definition) is 4. The van der Waals surface area contributed by atoms with Gasteiger partial charge in [0.05, 0.1) is 11.5 Å². The zero-order valence-corrected chi connectivity index (χ0v) is 10.9. The molecule has 1 aliphatic heterocycles. The standard InChI is InChI=1S/C12H22N2O4/c1-3-12(4-6-13-7-5-12)11(18)14-9(8(2)15)10(16)17/h8-9,13,15H,3-7H2,1-2H3,(H,14,18)(H,16,17)/t8-,9+/m1/s1. The molecule has 6 heteroatoms. The predicted molar refractivity (Wildman–Crippen MR) is 66.1 cm³/mol. The lowest BCUT2D eigenvalue weighted by Crippen LogP contribution is -2.54. The van der Waals surface area contributed by atoms with Crippen molar-refractivity contribution in [3.8, 4) is 0 Å². The highest BCUT2D eigenvalue weighted by Crippen LogP contribution is 2.32. The molecule has 1 rings (SSSR count). The number of carbonyl (C=O) groups excluding carboxylic acids is 1. The number of carbonyl (C=O) groups is 2. The van der Waals surface area contributed by atoms with Crippen LogP contribution >= 0.6 is 0 Å². The van der Waals surface area contributed by atoms with Crippen molar-refractivity contribution in [2.24, 2.45) is 5.41 Å². The van der Waals surface area contributed by atoms with Crippen LogP contribution in [0.15, 0.2) is 0 Å². The third-order valence-electron chi connectivity index (χ3n) is 3.75. The fourth-order valence-corrected chi connectivity index (χ4v) is 2.33. The van der Waals surface area contributed by atoms with Gasteiger partial charge in [0.2, 0.25) is 5.91 Å². The molecular weight excluding hydrogens is 236 g/mol. The Morgan fingerprint density at radius 3 is 2.33 bits per heavy atom. The van der Waals surface area contributed by atoms with Gasteiger partial charge in [0.1, 0.15) is 0 Å². The number of aliphatic hydroxyl groups excluding tert-OH is 1. The second kappa shape index (κ2) is 6.15. The predicted octanol–water partition coefficient (Wildman–Crippen LogP) is -0.284. The minimum absolute atomic E-state index is 0.264. The summed E-state index contributed by atoms with van der Waals surface area (Å²) in [5, 5.41) is 24.0. The highest BCUT2D eigenvalue weighted by molar-refractivity contribution is 5.87. The van der Waals surface area contributed by atoms with Gasteiger partial charge in [-0.2, -0.15) is 0 Å². The summed E-state index contributed by atoms with van der Waals surface area (Å²) in [7, 11) is 0. The molecule has 0 spiro atoms. The number of carboxylic acid groups (broad SMARTS) is 1. The number of hydrogen-bond donors (Lipinski definition) is 4. The SMILES string of the molecule is CCC1(C(=O)N[C@H](C(=O)O)[C@@H](C)O)CCNCC1. The van der Waals surface area contributed by atoms with Crippen LogP contribution in [0.5, 0.6) is 0 Å². The quantitative estimate of drug-likeness (QED) is 0.543. The molecule has 6 nitrogen and oxygen atoms in total. The highest BCUT2D eigenvalue weighted by atomic mass is 16.4. The molecule has 18 heavy (non-hydrogen) atoms. The van der Waals surface area contributed by atoms with E-state index in [1.165, 1.54) is 6.92 Å². The minimum Gasteiger partial charge on any atom is -0.480 e. The molecule has 1 amide bonds. The molecule has 2 atom stereocenters. The van der Waals surface area contributed by atoms with E-state index in [0.29, 0.717) is 19.3 Å². The van der Waals surface area contributed by atoms with Crippen molar-refractivity contribution in [1.82, 2.24) is 10.6 Å². The van der Waals surface area contributed by atoms with Gasteiger partial charge in [-0.15, -0.1) is 0 Å². The van der Waals surface area contributed by atoms with E-state index < -0.39 is 23.5 Å². The molecule has 0 aliphatic carbocycles. The summed E-state index contributed by atoms with van der Waals surface area (Å²) in [5.41, 5.74) is -0.506. The maximum Gasteiger partial charge on any atom is 0.328 e. The van der Waals surface area contributed by atoms with E-state index in [-0.39, 0.29) is 5.91 Å². The molecule has 0 aromatic heterocycles. The number of aliphatic hydroxyl groups is 1. The second-order valence-electron chi connectivity index (χ2n) is 4.91. The van der Waals surface area contributed by atoms with Crippen molar-refractivity contribution in [2.45, 2.75) is 45.3 Å². The van der Waals surface area contributed by atoms with Crippen LogP contribution in [-0.4, -0.2) is 47.3 Å². The fourth-order valence-electron chi connectivity index (χ4n) is 2.33. The lowest BCUT2D eigenvalue weighted by Gasteiger charge is -2.36. The van der Waals surface area contributed by atoms with E-state index in [4.69, 9.17) is 5.11 Å². The average Bonchev–Trinajstić information content (AvgIpc) is 2.35. The third kappa shape index (κ3) is 3.20. The van der Waals surface area contributed by atoms with Crippen LogP contribution in [-0.2, 0) is 9.59 Å². The number of piperidine rings is 1. The Labute approximate surface area is 107 Å². The van der Waals surface area contributed by atoms with E-state index in [1.54, 1.807) is 0 Å². The first-order valence-electron chi connectivity index (χ1n) is 6.35. The molecule has 1 fully saturated rings. The first-order valence-corrected chi connectivity index (χ1v) is 6.35. The van der Waals surface area contributed by atoms with Gasteiger partial charge in [0.15, 0.2) is 6.04 Å². The number of nitrogens with one attached hydrogen (secondary N) is 2. The van der Waals surface area contributed by atoms with Gasteiger partial charge < -0.3 is 20.8 Å². The lowest BCUT2D eigenvalue weighted by molar-refractivity contribution is -0.147. The van der Waals surface area contributed by atoms with Crippen molar-refractivity contribution < 1.29 is 19.8 Å². The van der Waals surface area contributed by atoms with Crippen molar-refractivity contribution in [3.63, 3.8) is 0 Å². The van der Waals surface area contributed by atoms with Gasteiger partial charge in [-0.3, -0.25) is 4.79 Å².